The third kappa shape index (κ3) is 4.06. The molecular formula is C14H20N4OS. The first-order chi connectivity index (χ1) is 9.62. The first kappa shape index (κ1) is 15.0. The lowest BCUT2D eigenvalue weighted by molar-refractivity contribution is 0.0846. The predicted molar refractivity (Wildman–Crippen MR) is 82.5 cm³/mol. The highest BCUT2D eigenvalue weighted by Gasteiger charge is 2.19. The molecule has 0 aliphatic carbocycles. The van der Waals surface area contributed by atoms with Gasteiger partial charge in [-0.05, 0) is 25.3 Å². The Kier molecular flexibility index (Phi) is 5.17. The first-order valence-electron chi connectivity index (χ1n) is 6.47. The van der Waals surface area contributed by atoms with E-state index in [1.54, 1.807) is 30.4 Å². The molecule has 0 aromatic carbocycles. The number of aliphatic hydroxyl groups is 1. The van der Waals surface area contributed by atoms with Gasteiger partial charge in [0.2, 0.25) is 0 Å². The van der Waals surface area contributed by atoms with Gasteiger partial charge in [0, 0.05) is 42.4 Å². The monoisotopic (exact) mass is 292 g/mol. The van der Waals surface area contributed by atoms with Crippen LogP contribution in [0.3, 0.4) is 0 Å². The van der Waals surface area contributed by atoms with Crippen LogP contribution in [0.4, 0.5) is 0 Å². The first-order valence-corrected chi connectivity index (χ1v) is 7.86. The predicted octanol–water partition coefficient (Wildman–Crippen LogP) is 1.68. The fraction of sp³-hybridized carbons (Fsp3) is 0.429. The number of hydrogen-bond acceptors (Lipinski definition) is 5. The summed E-state index contributed by atoms with van der Waals surface area (Å²) in [4.78, 5) is 4.11. The van der Waals surface area contributed by atoms with E-state index in [-0.39, 0.29) is 0 Å². The van der Waals surface area contributed by atoms with Crippen LogP contribution in [0.2, 0.25) is 0 Å². The van der Waals surface area contributed by atoms with E-state index in [1.807, 2.05) is 25.3 Å². The van der Waals surface area contributed by atoms with Crippen LogP contribution in [-0.4, -0.2) is 44.4 Å². The lowest BCUT2D eigenvalue weighted by Crippen LogP contribution is -2.39. The van der Waals surface area contributed by atoms with Crippen LogP contribution in [0.1, 0.15) is 12.5 Å². The number of nitrogens with one attached hydrogen (secondary N) is 2. The van der Waals surface area contributed by atoms with Gasteiger partial charge in [-0.2, -0.15) is 16.9 Å². The maximum Gasteiger partial charge on any atom is 0.0833 e. The van der Waals surface area contributed by atoms with E-state index in [9.17, 15) is 5.11 Å². The van der Waals surface area contributed by atoms with Gasteiger partial charge in [-0.15, -0.1) is 0 Å². The molecule has 1 unspecified atom stereocenters. The third-order valence-corrected chi connectivity index (χ3v) is 3.86. The van der Waals surface area contributed by atoms with E-state index in [0.717, 1.165) is 16.8 Å². The van der Waals surface area contributed by atoms with Gasteiger partial charge >= 0.3 is 0 Å². The summed E-state index contributed by atoms with van der Waals surface area (Å²) >= 11 is 1.64. The highest BCUT2D eigenvalue weighted by atomic mass is 32.2. The van der Waals surface area contributed by atoms with Gasteiger partial charge in [0.15, 0.2) is 0 Å². The van der Waals surface area contributed by atoms with E-state index in [4.69, 9.17) is 0 Å². The van der Waals surface area contributed by atoms with Crippen LogP contribution in [-0.2, 0) is 6.54 Å². The Bertz CT molecular complexity index is 527. The molecule has 0 amide bonds. The molecule has 3 N–H and O–H groups in total. The van der Waals surface area contributed by atoms with Crippen molar-refractivity contribution in [3.05, 3.63) is 36.3 Å². The summed E-state index contributed by atoms with van der Waals surface area (Å²) in [6.07, 6.45) is 7.35. The second kappa shape index (κ2) is 6.88. The van der Waals surface area contributed by atoms with Crippen LogP contribution in [0, 0.1) is 0 Å². The van der Waals surface area contributed by atoms with Crippen molar-refractivity contribution in [3.63, 3.8) is 0 Å². The number of hydrogen-bond donors (Lipinski definition) is 3. The van der Waals surface area contributed by atoms with Crippen LogP contribution in [0.15, 0.2) is 30.7 Å². The zero-order chi connectivity index (χ0) is 14.4. The molecule has 20 heavy (non-hydrogen) atoms. The van der Waals surface area contributed by atoms with Gasteiger partial charge in [0.1, 0.15) is 0 Å². The van der Waals surface area contributed by atoms with Gasteiger partial charge in [-0.1, -0.05) is 0 Å². The Morgan fingerprint density at radius 3 is 3.00 bits per heavy atom. The van der Waals surface area contributed by atoms with Crippen LogP contribution in [0.5, 0.6) is 0 Å². The van der Waals surface area contributed by atoms with Crippen LogP contribution < -0.4 is 5.32 Å². The third-order valence-electron chi connectivity index (χ3n) is 2.94. The second-order valence-electron chi connectivity index (χ2n) is 5.05. The molecule has 0 aliphatic heterocycles. The number of nitrogens with zero attached hydrogens (tertiary/aromatic N) is 2. The van der Waals surface area contributed by atoms with Crippen molar-refractivity contribution >= 4 is 11.8 Å². The number of H-pyrrole nitrogens is 1. The number of pyridine rings is 1. The Morgan fingerprint density at radius 2 is 2.30 bits per heavy atom. The van der Waals surface area contributed by atoms with Gasteiger partial charge in [0.05, 0.1) is 17.5 Å². The molecule has 108 valence electrons. The molecule has 0 spiro atoms. The van der Waals surface area contributed by atoms with Crippen molar-refractivity contribution in [1.29, 1.82) is 0 Å². The van der Waals surface area contributed by atoms with E-state index in [1.165, 1.54) is 0 Å². The van der Waals surface area contributed by atoms with Gasteiger partial charge in [-0.3, -0.25) is 10.1 Å². The average Bonchev–Trinajstić information content (AvgIpc) is 2.88. The minimum absolute atomic E-state index is 0.547. The second-order valence-corrected chi connectivity index (χ2v) is 5.91. The lowest BCUT2D eigenvalue weighted by Gasteiger charge is -2.22. The summed E-state index contributed by atoms with van der Waals surface area (Å²) < 4.78 is 0. The van der Waals surface area contributed by atoms with Gasteiger partial charge < -0.3 is 10.4 Å². The Morgan fingerprint density at radius 1 is 1.45 bits per heavy atom. The quantitative estimate of drug-likeness (QED) is 0.724. The summed E-state index contributed by atoms with van der Waals surface area (Å²) in [5.41, 5.74) is 2.35. The molecule has 0 bridgehead atoms. The number of aromatic nitrogens is 3. The standard InChI is InChI=1S/C14H20N4OS/c1-14(19,10-20-2)9-16-7-12-8-17-18-13(12)11-4-3-5-15-6-11/h3-6,8,16,19H,7,9-10H2,1-2H3,(H,17,18). The SMILES string of the molecule is CSCC(C)(O)CNCc1cn[nH]c1-c1cccnc1. The van der Waals surface area contributed by atoms with Crippen molar-refractivity contribution in [2.24, 2.45) is 0 Å². The highest BCUT2D eigenvalue weighted by Crippen LogP contribution is 2.19. The Hall–Kier alpha value is -1.37. The maximum atomic E-state index is 10.1. The summed E-state index contributed by atoms with van der Waals surface area (Å²) in [5.74, 6) is 0.709. The van der Waals surface area contributed by atoms with E-state index in [2.05, 4.69) is 20.5 Å². The fourth-order valence-corrected chi connectivity index (χ4v) is 2.76. The smallest absolute Gasteiger partial charge is 0.0833 e. The molecule has 2 rings (SSSR count). The van der Waals surface area contributed by atoms with Crippen molar-refractivity contribution in [3.8, 4) is 11.3 Å². The molecule has 0 saturated heterocycles. The number of rotatable bonds is 7. The fourth-order valence-electron chi connectivity index (χ4n) is 2.03. The minimum Gasteiger partial charge on any atom is -0.388 e. The molecular weight excluding hydrogens is 272 g/mol. The Labute approximate surface area is 123 Å². The van der Waals surface area contributed by atoms with E-state index in [0.29, 0.717) is 18.8 Å². The van der Waals surface area contributed by atoms with Crippen molar-refractivity contribution in [2.45, 2.75) is 19.1 Å². The van der Waals surface area contributed by atoms with Gasteiger partial charge in [-0.25, -0.2) is 0 Å². The average molecular weight is 292 g/mol. The minimum atomic E-state index is -0.697. The Balaban J connectivity index is 1.97. The molecule has 5 nitrogen and oxygen atoms in total. The molecule has 2 aromatic heterocycles. The maximum absolute atomic E-state index is 10.1. The summed E-state index contributed by atoms with van der Waals surface area (Å²) in [5, 5.41) is 20.5. The molecule has 0 saturated carbocycles. The van der Waals surface area contributed by atoms with Crippen molar-refractivity contribution < 1.29 is 5.11 Å². The lowest BCUT2D eigenvalue weighted by atomic mass is 10.1. The molecule has 2 aromatic rings. The van der Waals surface area contributed by atoms with Crippen molar-refractivity contribution in [1.82, 2.24) is 20.5 Å². The molecule has 1 atom stereocenters. The van der Waals surface area contributed by atoms with Gasteiger partial charge in [0.25, 0.3) is 0 Å². The van der Waals surface area contributed by atoms with Crippen LogP contribution >= 0.6 is 11.8 Å². The summed E-state index contributed by atoms with van der Waals surface area (Å²) in [6.45, 7) is 3.05. The molecule has 6 heteroatoms. The summed E-state index contributed by atoms with van der Waals surface area (Å²) in [7, 11) is 0. The molecule has 0 radical (unpaired) electrons. The highest BCUT2D eigenvalue weighted by molar-refractivity contribution is 7.98. The molecule has 0 aliphatic rings. The molecule has 0 fully saturated rings. The zero-order valence-corrected chi connectivity index (χ0v) is 12.6. The summed E-state index contributed by atoms with van der Waals surface area (Å²) in [6, 6.07) is 3.89. The van der Waals surface area contributed by atoms with E-state index < -0.39 is 5.60 Å². The van der Waals surface area contributed by atoms with E-state index >= 15 is 0 Å². The van der Waals surface area contributed by atoms with Crippen LogP contribution in [0.25, 0.3) is 11.3 Å². The topological polar surface area (TPSA) is 73.8 Å². The molecule has 2 heterocycles. The van der Waals surface area contributed by atoms with Crippen molar-refractivity contribution in [2.75, 3.05) is 18.6 Å². The normalized spacial score (nSPS) is 14.2. The largest absolute Gasteiger partial charge is 0.388 e. The number of aromatic amines is 1. The number of thioether (sulfide) groups is 1. The zero-order valence-electron chi connectivity index (χ0n) is 11.8.